The normalized spacial score (nSPS) is 19.1. The molecule has 2 aromatic rings. The van der Waals surface area contributed by atoms with Crippen molar-refractivity contribution in [3.63, 3.8) is 0 Å². The summed E-state index contributed by atoms with van der Waals surface area (Å²) in [6.07, 6.45) is 0. The van der Waals surface area contributed by atoms with Crippen molar-refractivity contribution >= 4 is 23.4 Å². The molecule has 3 rings (SSSR count). The molecule has 5 nitrogen and oxygen atoms in total. The van der Waals surface area contributed by atoms with E-state index in [4.69, 9.17) is 10.5 Å². The van der Waals surface area contributed by atoms with Crippen molar-refractivity contribution in [1.29, 1.82) is 0 Å². The Hall–Kier alpha value is -2.34. The van der Waals surface area contributed by atoms with E-state index in [1.165, 1.54) is 0 Å². The molecular weight excluding hydrogens is 312 g/mol. The molecule has 1 aliphatic rings. The third kappa shape index (κ3) is 2.59. The van der Waals surface area contributed by atoms with Gasteiger partial charge < -0.3 is 20.9 Å². The average Bonchev–Trinajstić information content (AvgIpc) is 2.84. The Bertz CT molecular complexity index is 807. The van der Waals surface area contributed by atoms with Crippen LogP contribution in [0.4, 0.5) is 5.69 Å². The van der Waals surface area contributed by atoms with Gasteiger partial charge in [0.25, 0.3) is 0 Å². The predicted molar refractivity (Wildman–Crippen MR) is 91.2 cm³/mol. The number of nitrogens with one attached hydrogen (secondary N) is 1. The van der Waals surface area contributed by atoms with Crippen LogP contribution in [0.25, 0.3) is 0 Å². The lowest BCUT2D eigenvalue weighted by molar-refractivity contribution is 0.1000. The maximum atomic E-state index is 11.4. The second-order valence-electron chi connectivity index (χ2n) is 5.67. The molecule has 0 aliphatic carbocycles. The fourth-order valence-electron chi connectivity index (χ4n) is 2.79. The van der Waals surface area contributed by atoms with Crippen LogP contribution in [0, 0.1) is 6.92 Å². The minimum absolute atomic E-state index is 0.160. The van der Waals surface area contributed by atoms with Crippen LogP contribution in [-0.4, -0.2) is 18.1 Å². The summed E-state index contributed by atoms with van der Waals surface area (Å²) >= 11 is 1.55. The van der Waals surface area contributed by atoms with Crippen molar-refractivity contribution in [1.82, 2.24) is 0 Å². The van der Waals surface area contributed by atoms with E-state index in [9.17, 15) is 9.90 Å². The molecule has 0 spiro atoms. The van der Waals surface area contributed by atoms with E-state index in [-0.39, 0.29) is 5.75 Å². The molecule has 0 aromatic heterocycles. The lowest BCUT2D eigenvalue weighted by Gasteiger charge is -2.26. The number of anilines is 1. The van der Waals surface area contributed by atoms with E-state index in [1.807, 2.05) is 26.0 Å². The van der Waals surface area contributed by atoms with Crippen LogP contribution >= 0.6 is 11.8 Å². The minimum atomic E-state index is -0.542. The van der Waals surface area contributed by atoms with Gasteiger partial charge in [0.15, 0.2) is 0 Å². The van der Waals surface area contributed by atoms with Crippen LogP contribution in [0.1, 0.15) is 28.4 Å². The number of carbonyl (C=O) groups is 1. The van der Waals surface area contributed by atoms with Gasteiger partial charge in [0.05, 0.1) is 12.8 Å². The van der Waals surface area contributed by atoms with Crippen LogP contribution in [-0.2, 0) is 4.87 Å². The molecule has 1 unspecified atom stereocenters. The number of primary amides is 1. The van der Waals surface area contributed by atoms with Gasteiger partial charge in [-0.25, -0.2) is 0 Å². The molecule has 1 aliphatic heterocycles. The quantitative estimate of drug-likeness (QED) is 0.805. The van der Waals surface area contributed by atoms with Crippen LogP contribution in [0.15, 0.2) is 35.2 Å². The highest BCUT2D eigenvalue weighted by molar-refractivity contribution is 8.00. The molecule has 2 aromatic carbocycles. The zero-order chi connectivity index (χ0) is 16.8. The van der Waals surface area contributed by atoms with Gasteiger partial charge in [0, 0.05) is 22.1 Å². The second-order valence-corrected chi connectivity index (χ2v) is 7.13. The number of aromatic hydroxyl groups is 1. The number of nitrogens with two attached hydrogens (primary N) is 1. The first kappa shape index (κ1) is 15.6. The number of carbonyl (C=O) groups excluding carboxylic acids is 1. The first-order valence-electron chi connectivity index (χ1n) is 7.13. The highest BCUT2D eigenvalue weighted by Crippen LogP contribution is 2.54. The van der Waals surface area contributed by atoms with Crippen molar-refractivity contribution < 1.29 is 14.6 Å². The predicted octanol–water partition coefficient (Wildman–Crippen LogP) is 3.20. The first-order chi connectivity index (χ1) is 10.8. The van der Waals surface area contributed by atoms with Gasteiger partial charge in [0.2, 0.25) is 5.91 Å². The number of amides is 1. The van der Waals surface area contributed by atoms with Gasteiger partial charge in [-0.15, -0.1) is 0 Å². The molecule has 4 N–H and O–H groups in total. The second kappa shape index (κ2) is 5.38. The third-order valence-corrected chi connectivity index (χ3v) is 5.25. The number of phenolic OH excluding ortho intramolecular Hbond substituents is 1. The maximum Gasteiger partial charge on any atom is 0.248 e. The summed E-state index contributed by atoms with van der Waals surface area (Å²) in [4.78, 5) is 11.8. The monoisotopic (exact) mass is 330 g/mol. The molecule has 0 bridgehead atoms. The zero-order valence-electron chi connectivity index (χ0n) is 13.1. The lowest BCUT2D eigenvalue weighted by Crippen LogP contribution is -2.24. The summed E-state index contributed by atoms with van der Waals surface area (Å²) in [5, 5.41) is 13.8. The van der Waals surface area contributed by atoms with Gasteiger partial charge in [-0.05, 0) is 43.7 Å². The number of hydrogen-bond acceptors (Lipinski definition) is 5. The molecular formula is C17H18N2O3S. The van der Waals surface area contributed by atoms with Crippen molar-refractivity contribution in [2.24, 2.45) is 5.73 Å². The van der Waals surface area contributed by atoms with E-state index in [0.29, 0.717) is 11.3 Å². The van der Waals surface area contributed by atoms with E-state index < -0.39 is 10.8 Å². The molecule has 1 amide bonds. The summed E-state index contributed by atoms with van der Waals surface area (Å²) in [7, 11) is 1.56. The summed E-state index contributed by atoms with van der Waals surface area (Å²) in [6.45, 7) is 3.92. The number of rotatable bonds is 3. The number of ether oxygens (including phenoxy) is 1. The Balaban J connectivity index is 2.03. The highest BCUT2D eigenvalue weighted by atomic mass is 32.2. The van der Waals surface area contributed by atoms with Crippen molar-refractivity contribution in [3.05, 3.63) is 47.0 Å². The summed E-state index contributed by atoms with van der Waals surface area (Å²) in [6, 6.07) is 8.80. The molecule has 0 fully saturated rings. The highest BCUT2D eigenvalue weighted by Gasteiger charge is 2.38. The molecule has 0 radical (unpaired) electrons. The smallest absolute Gasteiger partial charge is 0.248 e. The molecule has 6 heteroatoms. The van der Waals surface area contributed by atoms with Crippen LogP contribution in [0.5, 0.6) is 11.5 Å². The molecule has 0 saturated carbocycles. The summed E-state index contributed by atoms with van der Waals surface area (Å²) < 4.78 is 5.13. The van der Waals surface area contributed by atoms with Crippen molar-refractivity contribution in [3.8, 4) is 11.5 Å². The standard InChI is InChI=1S/C17H18N2O3S/c1-9-6-10(16(18)21)7-14-15(9)19-17(2,23-14)12-5-4-11(22-3)8-13(12)20/h4-8,19-20H,1-3H3,(H2,18,21). The number of hydrogen-bond donors (Lipinski definition) is 3. The Kier molecular flexibility index (Phi) is 3.64. The third-order valence-electron chi connectivity index (χ3n) is 3.98. The first-order valence-corrected chi connectivity index (χ1v) is 7.95. The summed E-state index contributed by atoms with van der Waals surface area (Å²) in [5.41, 5.74) is 8.52. The Morgan fingerprint density at radius 1 is 1.35 bits per heavy atom. The fourth-order valence-corrected chi connectivity index (χ4v) is 4.16. The number of benzene rings is 2. The Morgan fingerprint density at radius 2 is 2.09 bits per heavy atom. The van der Waals surface area contributed by atoms with E-state index >= 15 is 0 Å². The van der Waals surface area contributed by atoms with Crippen LogP contribution in [0.3, 0.4) is 0 Å². The Labute approximate surface area is 138 Å². The van der Waals surface area contributed by atoms with Crippen LogP contribution in [0.2, 0.25) is 0 Å². The summed E-state index contributed by atoms with van der Waals surface area (Å²) in [5.74, 6) is 0.312. The lowest BCUT2D eigenvalue weighted by atomic mass is 10.0. The van der Waals surface area contributed by atoms with Gasteiger partial charge in [0.1, 0.15) is 16.4 Å². The van der Waals surface area contributed by atoms with E-state index in [2.05, 4.69) is 5.32 Å². The number of fused-ring (bicyclic) bond motifs is 1. The molecule has 23 heavy (non-hydrogen) atoms. The number of methoxy groups -OCH3 is 1. The van der Waals surface area contributed by atoms with Gasteiger partial charge in [-0.1, -0.05) is 11.8 Å². The van der Waals surface area contributed by atoms with Gasteiger partial charge >= 0.3 is 0 Å². The topological polar surface area (TPSA) is 84.6 Å². The number of aryl methyl sites for hydroxylation is 1. The average molecular weight is 330 g/mol. The Morgan fingerprint density at radius 3 is 2.70 bits per heavy atom. The fraction of sp³-hybridized carbons (Fsp3) is 0.235. The zero-order valence-corrected chi connectivity index (χ0v) is 14.0. The SMILES string of the molecule is COc1ccc(C2(C)Nc3c(C)cc(C(N)=O)cc3S2)c(O)c1. The van der Waals surface area contributed by atoms with E-state index in [1.54, 1.807) is 37.1 Å². The van der Waals surface area contributed by atoms with Gasteiger partial charge in [-0.3, -0.25) is 4.79 Å². The molecule has 1 atom stereocenters. The maximum absolute atomic E-state index is 11.4. The molecule has 120 valence electrons. The van der Waals surface area contributed by atoms with Crippen LogP contribution < -0.4 is 15.8 Å². The van der Waals surface area contributed by atoms with Gasteiger partial charge in [-0.2, -0.15) is 0 Å². The van der Waals surface area contributed by atoms with Crippen molar-refractivity contribution in [2.75, 3.05) is 12.4 Å². The number of thioether (sulfide) groups is 1. The number of phenols is 1. The molecule has 1 heterocycles. The van der Waals surface area contributed by atoms with Crippen molar-refractivity contribution in [2.45, 2.75) is 23.6 Å². The largest absolute Gasteiger partial charge is 0.507 e. The van der Waals surface area contributed by atoms with E-state index in [0.717, 1.165) is 21.7 Å². The minimum Gasteiger partial charge on any atom is -0.507 e. The molecule has 0 saturated heterocycles.